The Hall–Kier alpha value is -6.35. The predicted molar refractivity (Wildman–Crippen MR) is 211 cm³/mol. The fourth-order valence-corrected chi connectivity index (χ4v) is 10.9. The van der Waals surface area contributed by atoms with Crippen molar-refractivity contribution in [1.29, 1.82) is 0 Å². The first-order valence-electron chi connectivity index (χ1n) is 17.1. The molecule has 0 aliphatic carbocycles. The third kappa shape index (κ3) is 4.58. The smallest absolute Gasteiger partial charge is 0.174 e. The van der Waals surface area contributed by atoms with Crippen molar-refractivity contribution in [3.05, 3.63) is 182 Å². The first kappa shape index (κ1) is 29.6. The van der Waals surface area contributed by atoms with Crippen LogP contribution in [0.2, 0.25) is 0 Å². The van der Waals surface area contributed by atoms with Crippen LogP contribution in [0, 0.1) is 0 Å². The average molecular weight is 672 g/mol. The van der Waals surface area contributed by atoms with E-state index in [9.17, 15) is 0 Å². The molecule has 3 heterocycles. The summed E-state index contributed by atoms with van der Waals surface area (Å²) < 4.78 is 18.1. The highest BCUT2D eigenvalue weighted by Gasteiger charge is 2.42. The van der Waals surface area contributed by atoms with E-state index in [2.05, 4.69) is 89.5 Å². The SMILES string of the molecule is O=P1(c2ccccc2)c2ccccc2-c2ccc3c4ccccc4n(-c4ccc(-c5cc(-c6ccccc6)nc(-c6ccccc6)n5)cc4)c3c21. The average Bonchev–Trinajstić information content (AvgIpc) is 3.69. The first-order valence-corrected chi connectivity index (χ1v) is 18.8. The van der Waals surface area contributed by atoms with Gasteiger partial charge in [0, 0.05) is 43.8 Å². The summed E-state index contributed by atoms with van der Waals surface area (Å²) in [6.45, 7) is 0. The highest BCUT2D eigenvalue weighted by molar-refractivity contribution is 7.86. The minimum atomic E-state index is -3.22. The van der Waals surface area contributed by atoms with E-state index >= 15 is 4.57 Å². The van der Waals surface area contributed by atoms with Crippen LogP contribution in [-0.2, 0) is 4.57 Å². The highest BCUT2D eigenvalue weighted by atomic mass is 31.2. The Balaban J connectivity index is 1.19. The molecule has 0 amide bonds. The lowest BCUT2D eigenvalue weighted by atomic mass is 10.0. The van der Waals surface area contributed by atoms with Gasteiger partial charge >= 0.3 is 0 Å². The number of nitrogens with zero attached hydrogens (tertiary/aromatic N) is 3. The predicted octanol–water partition coefficient (Wildman–Crippen LogP) is 10.2. The molecule has 0 saturated heterocycles. The third-order valence-corrected chi connectivity index (χ3v) is 13.2. The molecule has 240 valence electrons. The molecule has 0 fully saturated rings. The Morgan fingerprint density at radius 1 is 0.471 bits per heavy atom. The number of benzene rings is 7. The lowest BCUT2D eigenvalue weighted by molar-refractivity contribution is 0.593. The first-order chi connectivity index (χ1) is 25.2. The standard InChI is InChI=1S/C46H30N3OP/c50-51(35-18-8-3-9-19-35)43-23-13-11-21-37(43)39-29-28-38-36-20-10-12-22-42(36)49(44(38)45(39)51)34-26-24-32(25-27-34)41-30-40(31-14-4-1-5-15-31)47-46(48-41)33-16-6-2-7-17-33/h1-30H. The quantitative estimate of drug-likeness (QED) is 0.171. The van der Waals surface area contributed by atoms with Gasteiger partial charge < -0.3 is 9.13 Å². The second kappa shape index (κ2) is 11.6. The summed E-state index contributed by atoms with van der Waals surface area (Å²) in [6, 6.07) is 62.1. The molecule has 1 atom stereocenters. The molecular weight excluding hydrogens is 642 g/mol. The van der Waals surface area contributed by atoms with Gasteiger partial charge in [-0.3, -0.25) is 0 Å². The van der Waals surface area contributed by atoms with Crippen molar-refractivity contribution in [2.75, 3.05) is 0 Å². The van der Waals surface area contributed by atoms with Crippen LogP contribution in [0.4, 0.5) is 0 Å². The summed E-state index contributed by atoms with van der Waals surface area (Å²) in [5.74, 6) is 0.685. The van der Waals surface area contributed by atoms with E-state index in [1.54, 1.807) is 0 Å². The van der Waals surface area contributed by atoms with E-state index in [0.29, 0.717) is 5.82 Å². The number of rotatable bonds is 5. The minimum absolute atomic E-state index is 0.685. The van der Waals surface area contributed by atoms with E-state index < -0.39 is 7.14 Å². The van der Waals surface area contributed by atoms with Gasteiger partial charge in [0.1, 0.15) is 0 Å². The van der Waals surface area contributed by atoms with Crippen molar-refractivity contribution in [2.45, 2.75) is 0 Å². The zero-order valence-corrected chi connectivity index (χ0v) is 28.4. The second-order valence-corrected chi connectivity index (χ2v) is 15.6. The van der Waals surface area contributed by atoms with Crippen LogP contribution in [0.1, 0.15) is 0 Å². The topological polar surface area (TPSA) is 47.8 Å². The molecule has 2 aromatic heterocycles. The van der Waals surface area contributed by atoms with Crippen LogP contribution in [0.3, 0.4) is 0 Å². The number of aromatic nitrogens is 3. The Labute approximate surface area is 295 Å². The molecule has 7 aromatic carbocycles. The minimum Gasteiger partial charge on any atom is -0.309 e. The maximum atomic E-state index is 15.8. The Bertz CT molecular complexity index is 2750. The molecule has 10 rings (SSSR count). The normalized spacial score (nSPS) is 14.8. The van der Waals surface area contributed by atoms with E-state index in [4.69, 9.17) is 9.97 Å². The van der Waals surface area contributed by atoms with Crippen molar-refractivity contribution in [3.8, 4) is 50.7 Å². The van der Waals surface area contributed by atoms with Gasteiger partial charge in [-0.1, -0.05) is 158 Å². The van der Waals surface area contributed by atoms with Gasteiger partial charge in [0.05, 0.1) is 27.7 Å². The molecule has 1 aliphatic rings. The molecule has 1 unspecified atom stereocenters. The fourth-order valence-electron chi connectivity index (χ4n) is 7.70. The Morgan fingerprint density at radius 2 is 1.06 bits per heavy atom. The van der Waals surface area contributed by atoms with Crippen molar-refractivity contribution in [2.24, 2.45) is 0 Å². The van der Waals surface area contributed by atoms with Gasteiger partial charge in [-0.05, 0) is 35.4 Å². The van der Waals surface area contributed by atoms with E-state index in [1.807, 2.05) is 97.1 Å². The molecular formula is C46H30N3OP. The molecule has 5 heteroatoms. The lowest BCUT2D eigenvalue weighted by Gasteiger charge is -2.18. The zero-order valence-electron chi connectivity index (χ0n) is 27.5. The molecule has 0 radical (unpaired) electrons. The van der Waals surface area contributed by atoms with Crippen LogP contribution in [0.5, 0.6) is 0 Å². The number of hydrogen-bond donors (Lipinski definition) is 0. The lowest BCUT2D eigenvalue weighted by Crippen LogP contribution is -2.22. The van der Waals surface area contributed by atoms with E-state index in [1.165, 1.54) is 0 Å². The van der Waals surface area contributed by atoms with Crippen molar-refractivity contribution in [1.82, 2.24) is 14.5 Å². The maximum absolute atomic E-state index is 15.8. The van der Waals surface area contributed by atoms with Gasteiger partial charge in [-0.15, -0.1) is 0 Å². The van der Waals surface area contributed by atoms with Gasteiger partial charge in [-0.2, -0.15) is 0 Å². The summed E-state index contributed by atoms with van der Waals surface area (Å²) in [4.78, 5) is 10.0. The molecule has 51 heavy (non-hydrogen) atoms. The van der Waals surface area contributed by atoms with Crippen LogP contribution < -0.4 is 15.9 Å². The number of fused-ring (bicyclic) bond motifs is 7. The van der Waals surface area contributed by atoms with Crippen molar-refractivity contribution < 1.29 is 4.57 Å². The zero-order chi connectivity index (χ0) is 33.9. The fraction of sp³-hybridized carbons (Fsp3) is 0. The monoisotopic (exact) mass is 671 g/mol. The summed E-state index contributed by atoms with van der Waals surface area (Å²) in [6.07, 6.45) is 0. The van der Waals surface area contributed by atoms with Crippen LogP contribution in [-0.4, -0.2) is 14.5 Å². The number of hydrogen-bond acceptors (Lipinski definition) is 3. The summed E-state index contributed by atoms with van der Waals surface area (Å²) in [5.41, 5.74) is 9.86. The van der Waals surface area contributed by atoms with Crippen LogP contribution in [0.25, 0.3) is 72.5 Å². The van der Waals surface area contributed by atoms with Gasteiger partial charge in [0.15, 0.2) is 13.0 Å². The number of para-hydroxylation sites is 1. The Morgan fingerprint density at radius 3 is 1.78 bits per heavy atom. The molecule has 0 saturated carbocycles. The molecule has 9 aromatic rings. The maximum Gasteiger partial charge on any atom is 0.174 e. The molecule has 1 aliphatic heterocycles. The molecule has 0 spiro atoms. The van der Waals surface area contributed by atoms with Gasteiger partial charge in [-0.25, -0.2) is 9.97 Å². The van der Waals surface area contributed by atoms with Gasteiger partial charge in [0.25, 0.3) is 0 Å². The highest BCUT2D eigenvalue weighted by Crippen LogP contribution is 2.54. The second-order valence-electron chi connectivity index (χ2n) is 12.9. The van der Waals surface area contributed by atoms with Gasteiger partial charge in [0.2, 0.25) is 0 Å². The van der Waals surface area contributed by atoms with Crippen LogP contribution >= 0.6 is 7.14 Å². The largest absolute Gasteiger partial charge is 0.309 e. The third-order valence-electron chi connectivity index (χ3n) is 10.0. The summed E-state index contributed by atoms with van der Waals surface area (Å²) in [7, 11) is -3.22. The molecule has 4 nitrogen and oxygen atoms in total. The molecule has 0 bridgehead atoms. The molecule has 0 N–H and O–H groups in total. The van der Waals surface area contributed by atoms with E-state index in [-0.39, 0.29) is 0 Å². The Kier molecular flexibility index (Phi) is 6.74. The van der Waals surface area contributed by atoms with Crippen molar-refractivity contribution >= 4 is 44.9 Å². The summed E-state index contributed by atoms with van der Waals surface area (Å²) >= 11 is 0. The summed E-state index contributed by atoms with van der Waals surface area (Å²) in [5, 5.41) is 4.88. The van der Waals surface area contributed by atoms with Crippen LogP contribution in [0.15, 0.2) is 182 Å². The van der Waals surface area contributed by atoms with E-state index in [0.717, 1.165) is 82.6 Å². The van der Waals surface area contributed by atoms with Crippen molar-refractivity contribution in [3.63, 3.8) is 0 Å².